The summed E-state index contributed by atoms with van der Waals surface area (Å²) in [7, 11) is 2.13. The molecular weight excluding hydrogens is 414 g/mol. The van der Waals surface area contributed by atoms with E-state index in [2.05, 4.69) is 113 Å². The maximum absolute atomic E-state index is 5.01. The van der Waals surface area contributed by atoms with E-state index >= 15 is 0 Å². The quantitative estimate of drug-likeness (QED) is 0.290. The third kappa shape index (κ3) is 4.52. The number of allylic oxidation sites excluding steroid dienone is 3. The van der Waals surface area contributed by atoms with Gasteiger partial charge in [0.05, 0.1) is 16.4 Å². The monoisotopic (exact) mass is 453 g/mol. The number of aromatic nitrogens is 2. The van der Waals surface area contributed by atoms with E-state index in [1.807, 2.05) is 13.0 Å². The second-order valence-electron chi connectivity index (χ2n) is 8.79. The van der Waals surface area contributed by atoms with Gasteiger partial charge in [-0.2, -0.15) is 0 Å². The molecule has 0 bridgehead atoms. The molecule has 0 amide bonds. The van der Waals surface area contributed by atoms with Gasteiger partial charge in [-0.25, -0.2) is 0 Å². The topological polar surface area (TPSA) is 22.2 Å². The van der Waals surface area contributed by atoms with Crippen LogP contribution in [0.1, 0.15) is 63.8 Å². The molecule has 0 aliphatic rings. The van der Waals surface area contributed by atoms with E-state index < -0.39 is 0 Å². The predicted octanol–water partition coefficient (Wildman–Crippen LogP) is 6.45. The Morgan fingerprint density at radius 2 is 1.65 bits per heavy atom. The lowest BCUT2D eigenvalue weighted by Gasteiger charge is -2.22. The van der Waals surface area contributed by atoms with Crippen LogP contribution >= 0.6 is 0 Å². The fourth-order valence-electron chi connectivity index (χ4n) is 4.90. The number of nitrogens with zero attached hydrogens (tertiary/aromatic N) is 3. The molecule has 0 atom stereocenters. The average molecular weight is 454 g/mol. The number of rotatable bonds is 7. The van der Waals surface area contributed by atoms with Crippen molar-refractivity contribution in [1.82, 2.24) is 9.36 Å². The molecule has 1 heterocycles. The Morgan fingerprint density at radius 1 is 0.941 bits per heavy atom. The van der Waals surface area contributed by atoms with Crippen molar-refractivity contribution in [1.29, 1.82) is 0 Å². The second-order valence-corrected chi connectivity index (χ2v) is 8.79. The van der Waals surface area contributed by atoms with Gasteiger partial charge in [0.25, 0.3) is 0 Å². The Labute approximate surface area is 204 Å². The van der Waals surface area contributed by atoms with Crippen LogP contribution in [0.5, 0.6) is 0 Å². The Morgan fingerprint density at radius 3 is 2.24 bits per heavy atom. The molecule has 1 aromatic heterocycles. The van der Waals surface area contributed by atoms with Crippen LogP contribution in [0.15, 0.2) is 59.3 Å². The lowest BCUT2D eigenvalue weighted by Crippen LogP contribution is -2.54. The highest BCUT2D eigenvalue weighted by Gasteiger charge is 2.15. The van der Waals surface area contributed by atoms with Crippen molar-refractivity contribution in [2.45, 2.75) is 61.4 Å². The maximum atomic E-state index is 5.01. The zero-order valence-electron chi connectivity index (χ0n) is 22.2. The molecule has 0 saturated heterocycles. The van der Waals surface area contributed by atoms with Crippen LogP contribution in [0.2, 0.25) is 0 Å². The van der Waals surface area contributed by atoms with Gasteiger partial charge in [-0.05, 0) is 87.9 Å². The summed E-state index contributed by atoms with van der Waals surface area (Å²) in [6, 6.07) is 8.93. The van der Waals surface area contributed by atoms with Crippen molar-refractivity contribution >= 4 is 34.7 Å². The summed E-state index contributed by atoms with van der Waals surface area (Å²) in [5.41, 5.74) is 8.21. The molecule has 0 N–H and O–H groups in total. The van der Waals surface area contributed by atoms with Gasteiger partial charge in [-0.3, -0.25) is 14.4 Å². The Bertz CT molecular complexity index is 1430. The summed E-state index contributed by atoms with van der Waals surface area (Å²) in [5.74, 6) is 0. The number of aryl methyl sites for hydroxylation is 2. The standard InChI is InChI=1S/C31H39N3/c1-10-21(6)27(12-3)32-23(8)26-18-17-25(30-22(7)15-16-24(11-2)31(26)30)19-20-34-29(14-5)28(13-4)33(34)9/h10-18H,2,19-20H2,1,3-9H3/b21-10-,27-12+,28-13+,29-14+,32-23?. The summed E-state index contributed by atoms with van der Waals surface area (Å²) in [5, 5.41) is 5.16. The van der Waals surface area contributed by atoms with Crippen molar-refractivity contribution in [3.63, 3.8) is 0 Å². The molecule has 3 nitrogen and oxygen atoms in total. The highest BCUT2D eigenvalue weighted by Crippen LogP contribution is 2.31. The molecule has 0 aliphatic carbocycles. The molecule has 178 valence electrons. The van der Waals surface area contributed by atoms with E-state index in [0.717, 1.165) is 29.9 Å². The van der Waals surface area contributed by atoms with E-state index in [1.54, 1.807) is 0 Å². The first kappa shape index (κ1) is 25.3. The van der Waals surface area contributed by atoms with Gasteiger partial charge in [-0.15, -0.1) is 0 Å². The molecule has 3 heteroatoms. The van der Waals surface area contributed by atoms with E-state index in [1.165, 1.54) is 43.7 Å². The summed E-state index contributed by atoms with van der Waals surface area (Å²) in [4.78, 5) is 5.01. The number of fused-ring (bicyclic) bond motifs is 1. The summed E-state index contributed by atoms with van der Waals surface area (Å²) < 4.78 is 4.60. The molecule has 3 aromatic rings. The minimum absolute atomic E-state index is 0.940. The first-order chi connectivity index (χ1) is 16.3. The van der Waals surface area contributed by atoms with Crippen LogP contribution in [0, 0.1) is 6.92 Å². The summed E-state index contributed by atoms with van der Waals surface area (Å²) >= 11 is 0. The minimum atomic E-state index is 0.940. The molecule has 0 unspecified atom stereocenters. The van der Waals surface area contributed by atoms with Crippen molar-refractivity contribution in [3.05, 3.63) is 87.2 Å². The largest absolute Gasteiger partial charge is 0.287 e. The number of hydrogen-bond donors (Lipinski definition) is 0. The van der Waals surface area contributed by atoms with Crippen molar-refractivity contribution in [3.8, 4) is 0 Å². The summed E-state index contributed by atoms with van der Waals surface area (Å²) in [6.45, 7) is 19.8. The first-order valence-electron chi connectivity index (χ1n) is 12.2. The van der Waals surface area contributed by atoms with Crippen molar-refractivity contribution < 1.29 is 0 Å². The highest BCUT2D eigenvalue weighted by atomic mass is 15.4. The molecule has 0 fully saturated rings. The number of hydrogen-bond acceptors (Lipinski definition) is 1. The van der Waals surface area contributed by atoms with Crippen LogP contribution in [0.25, 0.3) is 29.0 Å². The molecule has 34 heavy (non-hydrogen) atoms. The Kier molecular flexibility index (Phi) is 7.98. The molecule has 3 rings (SSSR count). The van der Waals surface area contributed by atoms with Crippen molar-refractivity contribution in [2.75, 3.05) is 0 Å². The van der Waals surface area contributed by atoms with Crippen LogP contribution < -0.4 is 10.7 Å². The van der Waals surface area contributed by atoms with Crippen molar-refractivity contribution in [2.24, 2.45) is 12.0 Å². The lowest BCUT2D eigenvalue weighted by molar-refractivity contribution is 0.416. The fourth-order valence-corrected chi connectivity index (χ4v) is 4.90. The SMILES string of the molecule is C=Cc1ccc(C)c2c(CCn3c(=C/C)/c(=C\C)n3C)ccc(C(C)=NC(=C/C)/C(C)=C\C)c12. The minimum Gasteiger partial charge on any atom is -0.287 e. The van der Waals surface area contributed by atoms with Gasteiger partial charge in [0.1, 0.15) is 0 Å². The Hall–Kier alpha value is -3.33. The van der Waals surface area contributed by atoms with Gasteiger partial charge in [-0.1, -0.05) is 61.2 Å². The second kappa shape index (κ2) is 10.7. The van der Waals surface area contributed by atoms with E-state index in [9.17, 15) is 0 Å². The highest BCUT2D eigenvalue weighted by molar-refractivity contribution is 6.13. The molecule has 2 aromatic carbocycles. The molecule has 0 spiro atoms. The Balaban J connectivity index is 2.17. The predicted molar refractivity (Wildman–Crippen MR) is 151 cm³/mol. The van der Waals surface area contributed by atoms with E-state index in [-0.39, 0.29) is 0 Å². The first-order valence-corrected chi connectivity index (χ1v) is 12.2. The third-order valence-electron chi connectivity index (χ3n) is 6.89. The number of benzene rings is 2. The van der Waals surface area contributed by atoms with Gasteiger partial charge in [0.15, 0.2) is 0 Å². The zero-order valence-corrected chi connectivity index (χ0v) is 22.2. The van der Waals surface area contributed by atoms with Crippen LogP contribution in [0.3, 0.4) is 0 Å². The maximum Gasteiger partial charge on any atom is 0.0780 e. The van der Waals surface area contributed by atoms with Crippen LogP contribution in [0.4, 0.5) is 0 Å². The van der Waals surface area contributed by atoms with Gasteiger partial charge in [0.2, 0.25) is 0 Å². The molecule has 0 radical (unpaired) electrons. The van der Waals surface area contributed by atoms with Gasteiger partial charge >= 0.3 is 0 Å². The third-order valence-corrected chi connectivity index (χ3v) is 6.89. The van der Waals surface area contributed by atoms with Gasteiger partial charge in [0, 0.05) is 24.9 Å². The van der Waals surface area contributed by atoms with Gasteiger partial charge < -0.3 is 0 Å². The lowest BCUT2D eigenvalue weighted by atomic mass is 9.89. The average Bonchev–Trinajstić information content (AvgIpc) is 2.85. The summed E-state index contributed by atoms with van der Waals surface area (Å²) in [6.07, 6.45) is 11.5. The number of aliphatic imine (C=N–C) groups is 1. The zero-order chi connectivity index (χ0) is 25.0. The van der Waals surface area contributed by atoms with E-state index in [4.69, 9.17) is 4.99 Å². The van der Waals surface area contributed by atoms with E-state index in [0.29, 0.717) is 0 Å². The van der Waals surface area contributed by atoms with Crippen LogP contribution in [-0.2, 0) is 20.0 Å². The molecule has 0 aliphatic heterocycles. The smallest absolute Gasteiger partial charge is 0.0780 e. The molecular formula is C31H39N3. The molecule has 0 saturated carbocycles. The normalized spacial score (nSPS) is 14.5. The fraction of sp³-hybridized carbons (Fsp3) is 0.323. The van der Waals surface area contributed by atoms with Crippen LogP contribution in [-0.4, -0.2) is 15.1 Å².